The smallest absolute Gasteiger partial charge is 0.335 e. The second-order valence-electron chi connectivity index (χ2n) is 9.04. The summed E-state index contributed by atoms with van der Waals surface area (Å²) in [6.45, 7) is 4.39. The van der Waals surface area contributed by atoms with Crippen LogP contribution in [-0.4, -0.2) is 17.8 Å². The molecule has 6 nitrogen and oxygen atoms in total. The van der Waals surface area contributed by atoms with Crippen molar-refractivity contribution in [2.24, 2.45) is 0 Å². The zero-order valence-electron chi connectivity index (χ0n) is 21.0. The zero-order valence-corrected chi connectivity index (χ0v) is 21.7. The van der Waals surface area contributed by atoms with Crippen LogP contribution in [0.3, 0.4) is 0 Å². The van der Waals surface area contributed by atoms with E-state index in [0.717, 1.165) is 38.8 Å². The van der Waals surface area contributed by atoms with E-state index in [0.29, 0.717) is 28.6 Å². The standard InChI is InChI=1S/C31H25ClN2O4/c1-3-20-9-13-23(14-10-20)34-30(36)25(29(35)33-31(34)37)16-21-11-15-28(27(32)17-21)38-18-26-19(2)8-12-22-6-4-5-7-24(22)26/h4-17H,3,18H2,1-2H3,(H,33,35,37)/b25-16+. The summed E-state index contributed by atoms with van der Waals surface area (Å²) in [6.07, 6.45) is 2.24. The van der Waals surface area contributed by atoms with Crippen LogP contribution in [0.4, 0.5) is 10.5 Å². The van der Waals surface area contributed by atoms with Gasteiger partial charge in [0, 0.05) is 5.56 Å². The van der Waals surface area contributed by atoms with Gasteiger partial charge >= 0.3 is 6.03 Å². The van der Waals surface area contributed by atoms with Crippen LogP contribution in [0.1, 0.15) is 29.2 Å². The minimum Gasteiger partial charge on any atom is -0.487 e. The molecule has 0 saturated carbocycles. The van der Waals surface area contributed by atoms with Crippen molar-refractivity contribution in [2.75, 3.05) is 4.90 Å². The third-order valence-electron chi connectivity index (χ3n) is 6.62. The fourth-order valence-corrected chi connectivity index (χ4v) is 4.69. The van der Waals surface area contributed by atoms with Crippen molar-refractivity contribution >= 4 is 52.0 Å². The van der Waals surface area contributed by atoms with Gasteiger partial charge in [-0.05, 0) is 71.1 Å². The maximum absolute atomic E-state index is 13.2. The van der Waals surface area contributed by atoms with Gasteiger partial charge in [-0.25, -0.2) is 9.69 Å². The lowest BCUT2D eigenvalue weighted by atomic mass is 10.0. The van der Waals surface area contributed by atoms with Gasteiger partial charge in [0.15, 0.2) is 0 Å². The molecule has 1 fully saturated rings. The lowest BCUT2D eigenvalue weighted by Crippen LogP contribution is -2.54. The minimum atomic E-state index is -0.785. The monoisotopic (exact) mass is 524 g/mol. The molecule has 5 rings (SSSR count). The molecule has 1 N–H and O–H groups in total. The van der Waals surface area contributed by atoms with Crippen LogP contribution < -0.4 is 15.0 Å². The second-order valence-corrected chi connectivity index (χ2v) is 9.45. The number of carbonyl (C=O) groups is 3. The number of carbonyl (C=O) groups excluding carboxylic acids is 3. The second kappa shape index (κ2) is 10.5. The number of amides is 4. The van der Waals surface area contributed by atoms with Gasteiger partial charge < -0.3 is 4.74 Å². The molecule has 1 heterocycles. The van der Waals surface area contributed by atoms with E-state index in [1.807, 2.05) is 38.1 Å². The molecule has 1 aliphatic rings. The Kier molecular flexibility index (Phi) is 6.99. The molecule has 0 spiro atoms. The average molecular weight is 525 g/mol. The van der Waals surface area contributed by atoms with Crippen LogP contribution in [-0.2, 0) is 22.6 Å². The lowest BCUT2D eigenvalue weighted by molar-refractivity contribution is -0.122. The summed E-state index contributed by atoms with van der Waals surface area (Å²) in [6, 6.07) is 23.6. The summed E-state index contributed by atoms with van der Waals surface area (Å²) in [5, 5.41) is 4.83. The fraction of sp³-hybridized carbons (Fsp3) is 0.129. The van der Waals surface area contributed by atoms with Gasteiger partial charge in [0.2, 0.25) is 0 Å². The predicted molar refractivity (Wildman–Crippen MR) is 149 cm³/mol. The Hall–Kier alpha value is -4.42. The molecule has 4 amide bonds. The van der Waals surface area contributed by atoms with Crippen LogP contribution in [0.25, 0.3) is 16.8 Å². The number of barbiturate groups is 1. The maximum atomic E-state index is 13.2. The van der Waals surface area contributed by atoms with Gasteiger partial charge in [-0.2, -0.15) is 0 Å². The number of anilines is 1. The van der Waals surface area contributed by atoms with Crippen LogP contribution in [0, 0.1) is 6.92 Å². The number of imide groups is 2. The van der Waals surface area contributed by atoms with Crippen LogP contribution in [0.5, 0.6) is 5.75 Å². The Morgan fingerprint density at radius 2 is 1.71 bits per heavy atom. The van der Waals surface area contributed by atoms with E-state index in [4.69, 9.17) is 16.3 Å². The predicted octanol–water partition coefficient (Wildman–Crippen LogP) is 6.61. The number of halogens is 1. The Morgan fingerprint density at radius 3 is 2.45 bits per heavy atom. The molecule has 38 heavy (non-hydrogen) atoms. The molecule has 190 valence electrons. The highest BCUT2D eigenvalue weighted by Crippen LogP contribution is 2.30. The number of aryl methyl sites for hydroxylation is 2. The van der Waals surface area contributed by atoms with E-state index in [9.17, 15) is 14.4 Å². The van der Waals surface area contributed by atoms with Crippen molar-refractivity contribution in [3.8, 4) is 5.75 Å². The normalized spacial score (nSPS) is 14.8. The zero-order chi connectivity index (χ0) is 26.8. The van der Waals surface area contributed by atoms with Crippen molar-refractivity contribution < 1.29 is 19.1 Å². The quantitative estimate of drug-likeness (QED) is 0.227. The number of nitrogens with one attached hydrogen (secondary N) is 1. The van der Waals surface area contributed by atoms with Crippen molar-refractivity contribution in [2.45, 2.75) is 26.9 Å². The summed E-state index contributed by atoms with van der Waals surface area (Å²) >= 11 is 6.52. The Bertz CT molecular complexity index is 1610. The molecule has 4 aromatic rings. The van der Waals surface area contributed by atoms with Gasteiger partial charge in [-0.3, -0.25) is 14.9 Å². The highest BCUT2D eigenvalue weighted by atomic mass is 35.5. The topological polar surface area (TPSA) is 75.7 Å². The molecule has 0 radical (unpaired) electrons. The van der Waals surface area contributed by atoms with Crippen molar-refractivity contribution in [3.63, 3.8) is 0 Å². The molecular weight excluding hydrogens is 500 g/mol. The molecular formula is C31H25ClN2O4. The Morgan fingerprint density at radius 1 is 0.947 bits per heavy atom. The molecule has 0 bridgehead atoms. The van der Waals surface area contributed by atoms with E-state index in [1.165, 1.54) is 6.08 Å². The van der Waals surface area contributed by atoms with E-state index in [-0.39, 0.29) is 5.57 Å². The summed E-state index contributed by atoms with van der Waals surface area (Å²) in [5.74, 6) is -0.983. The van der Waals surface area contributed by atoms with Gasteiger partial charge in [0.1, 0.15) is 17.9 Å². The number of nitrogens with zero attached hydrogens (tertiary/aromatic N) is 1. The molecule has 4 aromatic carbocycles. The summed E-state index contributed by atoms with van der Waals surface area (Å²) in [4.78, 5) is 39.1. The molecule has 0 unspecified atom stereocenters. The van der Waals surface area contributed by atoms with Crippen LogP contribution in [0.2, 0.25) is 5.02 Å². The van der Waals surface area contributed by atoms with Crippen molar-refractivity contribution in [1.82, 2.24) is 5.32 Å². The Balaban J connectivity index is 1.38. The molecule has 1 saturated heterocycles. The molecule has 0 atom stereocenters. The third kappa shape index (κ3) is 4.91. The van der Waals surface area contributed by atoms with Crippen LogP contribution in [0.15, 0.2) is 84.4 Å². The number of hydrogen-bond acceptors (Lipinski definition) is 4. The van der Waals surface area contributed by atoms with Gasteiger partial charge in [-0.1, -0.05) is 73.1 Å². The molecule has 0 aromatic heterocycles. The van der Waals surface area contributed by atoms with E-state index in [1.54, 1.807) is 30.3 Å². The fourth-order valence-electron chi connectivity index (χ4n) is 4.45. The first kappa shape index (κ1) is 25.2. The first-order valence-electron chi connectivity index (χ1n) is 12.3. The maximum Gasteiger partial charge on any atom is 0.335 e. The number of rotatable bonds is 6. The third-order valence-corrected chi connectivity index (χ3v) is 6.91. The SMILES string of the molecule is CCc1ccc(N2C(=O)NC(=O)/C(=C\c3ccc(OCc4c(C)ccc5ccccc45)c(Cl)c3)C2=O)cc1. The average Bonchev–Trinajstić information content (AvgIpc) is 2.91. The van der Waals surface area contributed by atoms with Gasteiger partial charge in [0.05, 0.1) is 10.7 Å². The first-order chi connectivity index (χ1) is 18.4. The number of benzene rings is 4. The van der Waals surface area contributed by atoms with Crippen molar-refractivity contribution in [3.05, 3.63) is 112 Å². The number of urea groups is 1. The molecule has 7 heteroatoms. The molecule has 0 aliphatic carbocycles. The van der Waals surface area contributed by atoms with Crippen molar-refractivity contribution in [1.29, 1.82) is 0 Å². The number of fused-ring (bicyclic) bond motifs is 1. The molecule has 1 aliphatic heterocycles. The highest BCUT2D eigenvalue weighted by Gasteiger charge is 2.36. The van der Waals surface area contributed by atoms with Gasteiger partial charge in [-0.15, -0.1) is 0 Å². The summed E-state index contributed by atoms with van der Waals surface area (Å²) in [7, 11) is 0. The largest absolute Gasteiger partial charge is 0.487 e. The van der Waals surface area contributed by atoms with Gasteiger partial charge in [0.25, 0.3) is 11.8 Å². The summed E-state index contributed by atoms with van der Waals surface area (Å²) in [5.41, 5.74) is 4.00. The lowest BCUT2D eigenvalue weighted by Gasteiger charge is -2.26. The van der Waals surface area contributed by atoms with E-state index >= 15 is 0 Å². The Labute approximate surface area is 225 Å². The highest BCUT2D eigenvalue weighted by molar-refractivity contribution is 6.39. The van der Waals surface area contributed by atoms with E-state index < -0.39 is 17.8 Å². The number of ether oxygens (including phenoxy) is 1. The first-order valence-corrected chi connectivity index (χ1v) is 12.6. The number of hydrogen-bond donors (Lipinski definition) is 1. The van der Waals surface area contributed by atoms with Crippen LogP contribution >= 0.6 is 11.6 Å². The minimum absolute atomic E-state index is 0.166. The van der Waals surface area contributed by atoms with E-state index in [2.05, 4.69) is 29.6 Å². The summed E-state index contributed by atoms with van der Waals surface area (Å²) < 4.78 is 6.06.